The first kappa shape index (κ1) is 38.7. The molecule has 8 aromatic carbocycles. The molecule has 0 fully saturated rings. The van der Waals surface area contributed by atoms with Crippen molar-refractivity contribution < 1.29 is 34.0 Å². The van der Waals surface area contributed by atoms with Crippen LogP contribution in [0.3, 0.4) is 0 Å². The number of pyridine rings is 1. The van der Waals surface area contributed by atoms with Crippen LogP contribution in [0.25, 0.3) is 61.0 Å². The van der Waals surface area contributed by atoms with Crippen molar-refractivity contribution in [1.29, 1.82) is 0 Å². The summed E-state index contributed by atoms with van der Waals surface area (Å²) in [5.41, 5.74) is 12.0. The Morgan fingerprint density at radius 2 is 1.19 bits per heavy atom. The Balaban J connectivity index is 0.00000641. The predicted octanol–water partition coefficient (Wildman–Crippen LogP) is 16.9. The molecule has 0 atom stereocenters. The molecule has 0 spiro atoms. The third-order valence-electron chi connectivity index (χ3n) is 12.8. The third-order valence-corrected chi connectivity index (χ3v) is 12.8. The first-order chi connectivity index (χ1) is 35.3. The number of aromatic nitrogens is 2. The number of para-hydroxylation sites is 4. The molecule has 0 saturated heterocycles. The van der Waals surface area contributed by atoms with Gasteiger partial charge in [-0.1, -0.05) is 174 Å². The number of hydrogen-bond donors (Lipinski definition) is 0. The van der Waals surface area contributed by atoms with Crippen molar-refractivity contribution in [3.8, 4) is 50.7 Å². The van der Waals surface area contributed by atoms with E-state index in [0.717, 1.165) is 66.7 Å². The fraction of sp³-hybridized carbons (Fsp3) is 0.143. The number of fused-ring (bicyclic) bond motifs is 4. The van der Waals surface area contributed by atoms with Crippen molar-refractivity contribution in [2.24, 2.45) is 0 Å². The normalized spacial score (nSPS) is 14.1. The summed E-state index contributed by atoms with van der Waals surface area (Å²) in [7, 11) is 0. The van der Waals surface area contributed by atoms with Gasteiger partial charge in [0.1, 0.15) is 5.82 Å². The van der Waals surface area contributed by atoms with E-state index in [4.69, 9.17) is 16.6 Å². The van der Waals surface area contributed by atoms with E-state index >= 15 is 0 Å². The largest absolute Gasteiger partial charge is 0.509 e. The van der Waals surface area contributed by atoms with Crippen LogP contribution in [0.5, 0.6) is 11.5 Å². The second-order valence-electron chi connectivity index (χ2n) is 19.4. The minimum Gasteiger partial charge on any atom is -0.509 e. The van der Waals surface area contributed by atoms with E-state index in [9.17, 15) is 1.37 Å². The van der Waals surface area contributed by atoms with Crippen LogP contribution in [0, 0.1) is 25.7 Å². The maximum atomic E-state index is 9.34. The van der Waals surface area contributed by atoms with Gasteiger partial charge in [-0.2, -0.15) is 12.1 Å². The molecule has 5 nitrogen and oxygen atoms in total. The molecule has 0 amide bonds. The summed E-state index contributed by atoms with van der Waals surface area (Å²) >= 11 is 0. The van der Waals surface area contributed by atoms with E-state index < -0.39 is 6.85 Å². The van der Waals surface area contributed by atoms with Crippen LogP contribution in [0.2, 0.25) is 0 Å². The smallest absolute Gasteiger partial charge is 0.135 e. The van der Waals surface area contributed by atoms with Crippen LogP contribution in [0.4, 0.5) is 22.7 Å². The monoisotopic (exact) mass is 1080 g/mol. The van der Waals surface area contributed by atoms with Crippen LogP contribution in [0.1, 0.15) is 66.5 Å². The average molecular weight is 1080 g/mol. The summed E-state index contributed by atoms with van der Waals surface area (Å²) in [6.45, 7) is 12.5. The van der Waals surface area contributed by atoms with Gasteiger partial charge in [0.05, 0.1) is 0 Å². The second kappa shape index (κ2) is 18.0. The number of ether oxygens (including phenoxy) is 1. The number of rotatable bonds is 8. The fourth-order valence-corrected chi connectivity index (χ4v) is 9.22. The van der Waals surface area contributed by atoms with E-state index in [1.165, 1.54) is 5.56 Å². The van der Waals surface area contributed by atoms with Crippen LogP contribution in [-0.2, 0) is 31.9 Å². The molecule has 1 aliphatic rings. The fourth-order valence-electron chi connectivity index (χ4n) is 9.22. The summed E-state index contributed by atoms with van der Waals surface area (Å²) in [5, 5.41) is 1.73. The molecule has 0 bridgehead atoms. The number of nitrogens with zero attached hydrogens (tertiary/aromatic N) is 4. The van der Waals surface area contributed by atoms with E-state index in [-0.39, 0.29) is 72.8 Å². The molecular formula is C63H53N4OPt-3. The maximum absolute atomic E-state index is 9.34. The molecule has 1 aliphatic heterocycles. The zero-order chi connectivity index (χ0) is 51.8. The van der Waals surface area contributed by atoms with Gasteiger partial charge in [0.2, 0.25) is 0 Å². The Bertz CT molecular complexity index is 3790. The Morgan fingerprint density at radius 3 is 1.86 bits per heavy atom. The molecule has 10 aromatic rings. The summed E-state index contributed by atoms with van der Waals surface area (Å²) < 4.78 is 62.0. The van der Waals surface area contributed by atoms with Crippen molar-refractivity contribution >= 4 is 44.6 Å². The van der Waals surface area contributed by atoms with Crippen LogP contribution >= 0.6 is 0 Å². The molecular weight excluding hydrogens is 1020 g/mol. The molecule has 0 radical (unpaired) electrons. The SMILES string of the molecule is [2H]c1c(Oc2[c-]c3c(cc2)c2ccccc2n3-c2cc(C([2H])([2H])[2H])c(-c3ccc(C(C)(C)C)cc3)cn2)[c-]c(N2[CH-]N(c3c(-c4ccccc4)cccc3-c3ccc(C(C)(C)C)cc3)c3ccccc32)c([2H])c1[2H].[Pt]. The maximum Gasteiger partial charge on any atom is 0.135 e. The molecule has 2 aromatic heterocycles. The zero-order valence-electron chi connectivity index (χ0n) is 45.3. The Labute approximate surface area is 429 Å². The minimum atomic E-state index is -2.46. The molecule has 3 heterocycles. The standard InChI is InChI=1S/C63H53N4O.Pt/c1-42-37-60(64-40-55(42)45-29-33-47(34-30-45)63(5,6)7)67-56-24-12-11-21-53(56)54-36-35-50(39-59(54)67)68-49-20-15-19-48(38-49)65-41-66(58-26-14-13-25-57(58)65)61-51(43-17-9-8-10-18-43)22-16-23-52(61)44-27-31-46(32-28-44)62(2,3)4;/h8-37,40-41H,1-7H3;/q-3;/i1D3,15D,19D,20D;. The molecule has 6 heteroatoms. The van der Waals surface area contributed by atoms with E-state index in [2.05, 4.69) is 113 Å². The van der Waals surface area contributed by atoms with Gasteiger partial charge >= 0.3 is 0 Å². The Morgan fingerprint density at radius 1 is 0.580 bits per heavy atom. The van der Waals surface area contributed by atoms with Crippen LogP contribution < -0.4 is 14.5 Å². The predicted molar refractivity (Wildman–Crippen MR) is 283 cm³/mol. The summed E-state index contributed by atoms with van der Waals surface area (Å²) in [5.74, 6) is 0.560. The van der Waals surface area contributed by atoms with Crippen LogP contribution in [-0.4, -0.2) is 9.55 Å². The van der Waals surface area contributed by atoms with Gasteiger partial charge in [-0.05, 0) is 83.5 Å². The van der Waals surface area contributed by atoms with Gasteiger partial charge in [-0.3, -0.25) is 0 Å². The van der Waals surface area contributed by atoms with Gasteiger partial charge in [-0.15, -0.1) is 48.0 Å². The van der Waals surface area contributed by atoms with Crippen molar-refractivity contribution in [3.05, 3.63) is 224 Å². The number of aryl methyl sites for hydroxylation is 1. The molecule has 344 valence electrons. The Kier molecular flexibility index (Phi) is 10.1. The first-order valence-corrected chi connectivity index (χ1v) is 23.0. The molecule has 69 heavy (non-hydrogen) atoms. The van der Waals surface area contributed by atoms with Gasteiger partial charge in [0.15, 0.2) is 0 Å². The molecule has 0 unspecified atom stereocenters. The zero-order valence-corrected chi connectivity index (χ0v) is 41.5. The van der Waals surface area contributed by atoms with E-state index in [0.29, 0.717) is 16.9 Å². The minimum absolute atomic E-state index is 0. The van der Waals surface area contributed by atoms with Gasteiger partial charge in [0.25, 0.3) is 0 Å². The molecule has 0 N–H and O–H groups in total. The molecule has 11 rings (SSSR count). The number of hydrogen-bond acceptors (Lipinski definition) is 4. The number of benzene rings is 8. The van der Waals surface area contributed by atoms with Gasteiger partial charge in [-0.25, -0.2) is 4.98 Å². The van der Waals surface area contributed by atoms with Gasteiger partial charge in [0, 0.05) is 83.5 Å². The summed E-state index contributed by atoms with van der Waals surface area (Å²) in [6.07, 6.45) is 1.63. The number of anilines is 4. The molecule has 0 aliphatic carbocycles. The topological polar surface area (TPSA) is 33.5 Å². The second-order valence-corrected chi connectivity index (χ2v) is 19.4. The Hall–Kier alpha value is -7.20. The first-order valence-electron chi connectivity index (χ1n) is 26.0. The van der Waals surface area contributed by atoms with E-state index in [1.807, 2.05) is 113 Å². The van der Waals surface area contributed by atoms with Crippen molar-refractivity contribution in [2.75, 3.05) is 9.80 Å². The van der Waals surface area contributed by atoms with Crippen molar-refractivity contribution in [3.63, 3.8) is 0 Å². The van der Waals surface area contributed by atoms with Crippen molar-refractivity contribution in [2.45, 2.75) is 59.2 Å². The third kappa shape index (κ3) is 8.55. The quantitative estimate of drug-likeness (QED) is 0.142. The van der Waals surface area contributed by atoms with Gasteiger partial charge < -0.3 is 19.1 Å². The van der Waals surface area contributed by atoms with Crippen LogP contribution in [0.15, 0.2) is 188 Å². The summed E-state index contributed by atoms with van der Waals surface area (Å²) in [4.78, 5) is 8.89. The molecule has 0 saturated carbocycles. The average Bonchev–Trinajstić information content (AvgIpc) is 3.94. The summed E-state index contributed by atoms with van der Waals surface area (Å²) in [6, 6.07) is 60.3. The van der Waals surface area contributed by atoms with Crippen molar-refractivity contribution in [1.82, 2.24) is 9.55 Å². The van der Waals surface area contributed by atoms with E-state index in [1.54, 1.807) is 18.3 Å².